The highest BCUT2D eigenvalue weighted by Crippen LogP contribution is 2.59. The molecular weight excluding hydrogens is 421 g/mol. The normalized spacial score (nSPS) is 37.0. The van der Waals surface area contributed by atoms with Crippen molar-refractivity contribution in [1.29, 1.82) is 0 Å². The zero-order valence-electron chi connectivity index (χ0n) is 17.5. The summed E-state index contributed by atoms with van der Waals surface area (Å²) in [7, 11) is 0. The quantitative estimate of drug-likeness (QED) is 0.723. The van der Waals surface area contributed by atoms with Gasteiger partial charge in [-0.2, -0.15) is 0 Å². The summed E-state index contributed by atoms with van der Waals surface area (Å²) in [5.74, 6) is 0.498. The number of hydrogen-bond acceptors (Lipinski definition) is 4. The van der Waals surface area contributed by atoms with Gasteiger partial charge >= 0.3 is 0 Å². The number of carbonyl (C=O) groups excluding carboxylic acids is 2. The molecule has 1 aliphatic heterocycles. The van der Waals surface area contributed by atoms with Crippen LogP contribution in [0.2, 0.25) is 5.02 Å². The molecule has 1 aromatic rings. The lowest BCUT2D eigenvalue weighted by molar-refractivity contribution is -0.149. The summed E-state index contributed by atoms with van der Waals surface area (Å²) in [6, 6.07) is 4.21. The summed E-state index contributed by atoms with van der Waals surface area (Å²) >= 11 is 6.22. The van der Waals surface area contributed by atoms with Crippen LogP contribution in [0, 0.1) is 29.0 Å². The van der Waals surface area contributed by atoms with E-state index in [-0.39, 0.29) is 42.2 Å². The number of benzene rings is 1. The summed E-state index contributed by atoms with van der Waals surface area (Å²) in [5.41, 5.74) is 5.81. The maximum Gasteiger partial charge on any atom is 0.239 e. The third-order valence-electron chi connectivity index (χ3n) is 8.07. The standard InChI is InChI=1S/C23H29ClFN3O3/c24-17-2-1-3-18(25)16(17)11-28-4-5-31-12-19(28)21(29)27-20-14-6-13-7-15(20)10-23(8-13,9-14)22(26)30/h1-3,13-15,19-20H,4-12H2,(H2,26,30)(H,27,29). The topological polar surface area (TPSA) is 84.7 Å². The van der Waals surface area contributed by atoms with E-state index in [1.54, 1.807) is 12.1 Å². The first-order chi connectivity index (χ1) is 14.9. The van der Waals surface area contributed by atoms with Crippen LogP contribution in [-0.2, 0) is 20.9 Å². The Labute approximate surface area is 186 Å². The Bertz CT molecular complexity index is 861. The lowest BCUT2D eigenvalue weighted by atomic mass is 9.47. The van der Waals surface area contributed by atoms with Gasteiger partial charge in [-0.05, 0) is 62.0 Å². The molecule has 5 aliphatic rings. The van der Waals surface area contributed by atoms with E-state index < -0.39 is 6.04 Å². The van der Waals surface area contributed by atoms with Crippen molar-refractivity contribution in [3.05, 3.63) is 34.6 Å². The molecule has 1 saturated heterocycles. The summed E-state index contributed by atoms with van der Waals surface area (Å²) in [5, 5.41) is 3.66. The van der Waals surface area contributed by atoms with Gasteiger partial charge in [0, 0.05) is 35.1 Å². The Morgan fingerprint density at radius 1 is 1.26 bits per heavy atom. The third kappa shape index (κ3) is 3.74. The highest BCUT2D eigenvalue weighted by Gasteiger charge is 2.58. The lowest BCUT2D eigenvalue weighted by Crippen LogP contribution is -2.64. The number of hydrogen-bond donors (Lipinski definition) is 2. The molecule has 1 heterocycles. The molecule has 2 amide bonds. The molecule has 4 saturated carbocycles. The SMILES string of the molecule is NC(=O)C12CC3CC(C1)C(NC(=O)C1COCCN1Cc1c(F)cccc1Cl)C(C3)C2. The average molecular weight is 450 g/mol. The van der Waals surface area contributed by atoms with E-state index in [2.05, 4.69) is 5.32 Å². The number of primary amides is 1. The largest absolute Gasteiger partial charge is 0.378 e. The van der Waals surface area contributed by atoms with Crippen LogP contribution in [0.1, 0.15) is 37.7 Å². The number of rotatable bonds is 5. The molecule has 3 atom stereocenters. The molecule has 4 bridgehead atoms. The fourth-order valence-corrected chi connectivity index (χ4v) is 7.00. The van der Waals surface area contributed by atoms with Crippen LogP contribution in [0.15, 0.2) is 18.2 Å². The maximum absolute atomic E-state index is 14.3. The number of carbonyl (C=O) groups is 2. The van der Waals surface area contributed by atoms with Gasteiger partial charge in [-0.1, -0.05) is 17.7 Å². The summed E-state index contributed by atoms with van der Waals surface area (Å²) in [4.78, 5) is 27.4. The first kappa shape index (κ1) is 21.2. The summed E-state index contributed by atoms with van der Waals surface area (Å²) in [6.07, 6.45) is 4.55. The molecule has 168 valence electrons. The van der Waals surface area contributed by atoms with E-state index in [1.807, 2.05) is 4.90 Å². The number of amides is 2. The van der Waals surface area contributed by atoms with E-state index in [4.69, 9.17) is 22.1 Å². The van der Waals surface area contributed by atoms with Crippen LogP contribution in [0.25, 0.3) is 0 Å². The van der Waals surface area contributed by atoms with Crippen molar-refractivity contribution in [2.75, 3.05) is 19.8 Å². The van der Waals surface area contributed by atoms with Gasteiger partial charge in [0.15, 0.2) is 0 Å². The van der Waals surface area contributed by atoms with Crippen LogP contribution >= 0.6 is 11.6 Å². The fraction of sp³-hybridized carbons (Fsp3) is 0.652. The third-order valence-corrected chi connectivity index (χ3v) is 8.42. The van der Waals surface area contributed by atoms with Gasteiger partial charge < -0.3 is 15.8 Å². The Morgan fingerprint density at radius 3 is 2.68 bits per heavy atom. The number of halogens is 2. The minimum Gasteiger partial charge on any atom is -0.378 e. The molecular formula is C23H29ClFN3O3. The van der Waals surface area contributed by atoms with Crippen LogP contribution < -0.4 is 11.1 Å². The first-order valence-electron chi connectivity index (χ1n) is 11.2. The second-order valence-electron chi connectivity index (χ2n) is 9.91. The van der Waals surface area contributed by atoms with E-state index in [9.17, 15) is 14.0 Å². The highest BCUT2D eigenvalue weighted by molar-refractivity contribution is 6.31. The van der Waals surface area contributed by atoms with Crippen molar-refractivity contribution in [2.24, 2.45) is 28.9 Å². The van der Waals surface area contributed by atoms with Crippen molar-refractivity contribution in [3.8, 4) is 0 Å². The van der Waals surface area contributed by atoms with Crippen molar-refractivity contribution < 1.29 is 18.7 Å². The average Bonchev–Trinajstić information content (AvgIpc) is 2.73. The Balaban J connectivity index is 1.30. The number of morpholine rings is 1. The maximum atomic E-state index is 14.3. The Hall–Kier alpha value is -1.70. The molecule has 31 heavy (non-hydrogen) atoms. The monoisotopic (exact) mass is 449 g/mol. The number of nitrogens with one attached hydrogen (secondary N) is 1. The number of nitrogens with zero attached hydrogens (tertiary/aromatic N) is 1. The van der Waals surface area contributed by atoms with E-state index in [0.717, 1.165) is 32.1 Å². The number of ether oxygens (including phenoxy) is 1. The first-order valence-corrected chi connectivity index (χ1v) is 11.6. The highest BCUT2D eigenvalue weighted by atomic mass is 35.5. The molecule has 0 aromatic heterocycles. The molecule has 6 nitrogen and oxygen atoms in total. The Morgan fingerprint density at radius 2 is 2.00 bits per heavy atom. The molecule has 0 radical (unpaired) electrons. The van der Waals surface area contributed by atoms with E-state index in [1.165, 1.54) is 6.07 Å². The van der Waals surface area contributed by atoms with Crippen LogP contribution in [0.4, 0.5) is 4.39 Å². The van der Waals surface area contributed by atoms with E-state index in [0.29, 0.717) is 41.5 Å². The molecule has 8 heteroatoms. The zero-order valence-corrected chi connectivity index (χ0v) is 18.2. The lowest BCUT2D eigenvalue weighted by Gasteiger charge is -2.59. The minimum atomic E-state index is -0.494. The fourth-order valence-electron chi connectivity index (χ4n) is 6.78. The van der Waals surface area contributed by atoms with Gasteiger partial charge in [-0.3, -0.25) is 14.5 Å². The predicted molar refractivity (Wildman–Crippen MR) is 114 cm³/mol. The van der Waals surface area contributed by atoms with Gasteiger partial charge in [-0.25, -0.2) is 4.39 Å². The van der Waals surface area contributed by atoms with Crippen molar-refractivity contribution in [3.63, 3.8) is 0 Å². The smallest absolute Gasteiger partial charge is 0.239 e. The molecule has 3 N–H and O–H groups in total. The van der Waals surface area contributed by atoms with Gasteiger partial charge in [-0.15, -0.1) is 0 Å². The molecule has 0 spiro atoms. The van der Waals surface area contributed by atoms with Crippen LogP contribution in [0.3, 0.4) is 0 Å². The Kier molecular flexibility index (Phi) is 5.47. The van der Waals surface area contributed by atoms with Crippen LogP contribution in [0.5, 0.6) is 0 Å². The van der Waals surface area contributed by atoms with E-state index >= 15 is 0 Å². The predicted octanol–water partition coefficient (Wildman–Crippen LogP) is 2.48. The molecule has 4 aliphatic carbocycles. The van der Waals surface area contributed by atoms with Crippen LogP contribution in [-0.4, -0.2) is 48.6 Å². The molecule has 3 unspecified atom stereocenters. The number of nitrogens with two attached hydrogens (primary N) is 1. The summed E-state index contributed by atoms with van der Waals surface area (Å²) < 4.78 is 19.9. The zero-order chi connectivity index (χ0) is 21.8. The summed E-state index contributed by atoms with van der Waals surface area (Å²) in [6.45, 7) is 1.56. The van der Waals surface area contributed by atoms with Gasteiger partial charge in [0.05, 0.1) is 13.2 Å². The van der Waals surface area contributed by atoms with Gasteiger partial charge in [0.25, 0.3) is 0 Å². The van der Waals surface area contributed by atoms with Gasteiger partial charge in [0.2, 0.25) is 11.8 Å². The minimum absolute atomic E-state index is 0.0670. The molecule has 1 aromatic carbocycles. The van der Waals surface area contributed by atoms with Crippen molar-refractivity contribution >= 4 is 23.4 Å². The second kappa shape index (κ2) is 8.01. The molecule has 5 fully saturated rings. The van der Waals surface area contributed by atoms with Crippen molar-refractivity contribution in [2.45, 2.75) is 50.7 Å². The second-order valence-corrected chi connectivity index (χ2v) is 10.3. The van der Waals surface area contributed by atoms with Crippen molar-refractivity contribution in [1.82, 2.24) is 10.2 Å². The molecule has 6 rings (SSSR count). The van der Waals surface area contributed by atoms with Gasteiger partial charge in [0.1, 0.15) is 11.9 Å².